The highest BCUT2D eigenvalue weighted by molar-refractivity contribution is 7.92. The fourth-order valence-corrected chi connectivity index (χ4v) is 3.09. The molecule has 1 amide bonds. The van der Waals surface area contributed by atoms with Crippen molar-refractivity contribution in [2.24, 2.45) is 0 Å². The van der Waals surface area contributed by atoms with Gasteiger partial charge < -0.3 is 14.8 Å². The van der Waals surface area contributed by atoms with Gasteiger partial charge in [0.2, 0.25) is 10.0 Å². The van der Waals surface area contributed by atoms with Gasteiger partial charge >= 0.3 is 0 Å². The van der Waals surface area contributed by atoms with E-state index in [9.17, 15) is 13.2 Å². The third-order valence-corrected chi connectivity index (χ3v) is 5.39. The number of ether oxygens (including phenoxy) is 2. The molecule has 9 heteroatoms. The second-order valence-electron chi connectivity index (χ2n) is 5.71. The Labute approximate surface area is 156 Å². The summed E-state index contributed by atoms with van der Waals surface area (Å²) in [5.41, 5.74) is 1.01. The smallest absolute Gasteiger partial charge is 0.257 e. The van der Waals surface area contributed by atoms with E-state index in [1.807, 2.05) is 0 Å². The Morgan fingerprint density at radius 3 is 2.50 bits per heavy atom. The molecule has 3 rings (SSSR count). The van der Waals surface area contributed by atoms with Crippen LogP contribution in [0.4, 0.5) is 11.4 Å². The highest BCUT2D eigenvalue weighted by atomic mass is 35.5. The van der Waals surface area contributed by atoms with E-state index >= 15 is 0 Å². The number of rotatable bonds is 4. The van der Waals surface area contributed by atoms with Gasteiger partial charge in [-0.15, -0.1) is 0 Å². The molecule has 0 unspecified atom stereocenters. The third kappa shape index (κ3) is 3.86. The number of hydrogen-bond acceptors (Lipinski definition) is 5. The maximum absolute atomic E-state index is 12.6. The van der Waals surface area contributed by atoms with E-state index in [4.69, 9.17) is 21.1 Å². The summed E-state index contributed by atoms with van der Waals surface area (Å²) in [5.74, 6) is 0.699. The van der Waals surface area contributed by atoms with E-state index in [1.165, 1.54) is 25.2 Å². The number of nitrogens with zero attached hydrogens (tertiary/aromatic N) is 1. The molecule has 0 spiro atoms. The van der Waals surface area contributed by atoms with Crippen LogP contribution in [-0.2, 0) is 10.0 Å². The quantitative estimate of drug-likeness (QED) is 0.858. The monoisotopic (exact) mass is 396 g/mol. The molecule has 0 radical (unpaired) electrons. The van der Waals surface area contributed by atoms with Gasteiger partial charge in [-0.3, -0.25) is 9.10 Å². The molecule has 2 aromatic carbocycles. The molecule has 1 N–H and O–H groups in total. The Hall–Kier alpha value is -2.45. The van der Waals surface area contributed by atoms with Crippen LogP contribution in [0.5, 0.6) is 11.5 Å². The zero-order valence-corrected chi connectivity index (χ0v) is 15.7. The minimum atomic E-state index is -3.45. The number of benzene rings is 2. The van der Waals surface area contributed by atoms with Crippen LogP contribution in [0.25, 0.3) is 0 Å². The molecule has 0 bridgehead atoms. The van der Waals surface area contributed by atoms with Gasteiger partial charge in [0.05, 0.1) is 22.5 Å². The molecule has 0 saturated heterocycles. The van der Waals surface area contributed by atoms with Gasteiger partial charge in [0, 0.05) is 18.8 Å². The van der Waals surface area contributed by atoms with Gasteiger partial charge in [-0.2, -0.15) is 0 Å². The van der Waals surface area contributed by atoms with Crippen LogP contribution in [0.15, 0.2) is 36.4 Å². The van der Waals surface area contributed by atoms with Crippen molar-refractivity contribution in [1.29, 1.82) is 0 Å². The number of amides is 1. The number of fused-ring (bicyclic) bond motifs is 1. The Balaban J connectivity index is 1.86. The molecule has 138 valence electrons. The summed E-state index contributed by atoms with van der Waals surface area (Å²) in [6.45, 7) is 0.922. The lowest BCUT2D eigenvalue weighted by atomic mass is 10.1. The van der Waals surface area contributed by atoms with Crippen molar-refractivity contribution in [3.05, 3.63) is 47.0 Å². The van der Waals surface area contributed by atoms with Crippen molar-refractivity contribution < 1.29 is 22.7 Å². The minimum Gasteiger partial charge on any atom is -0.486 e. The average molecular weight is 397 g/mol. The van der Waals surface area contributed by atoms with E-state index in [0.717, 1.165) is 10.6 Å². The van der Waals surface area contributed by atoms with Crippen LogP contribution in [-0.4, -0.2) is 40.8 Å². The summed E-state index contributed by atoms with van der Waals surface area (Å²) in [5, 5.41) is 2.94. The molecule has 7 nitrogen and oxygen atoms in total. The summed E-state index contributed by atoms with van der Waals surface area (Å²) < 4.78 is 35.4. The van der Waals surface area contributed by atoms with Crippen molar-refractivity contribution in [2.75, 3.05) is 36.1 Å². The standard InChI is InChI=1S/C17H17ClN2O5S/c1-20(26(2,22)23)12-4-5-14(18)13(10-12)17(21)19-11-3-6-15-16(9-11)25-8-7-24-15/h3-6,9-10H,7-8H2,1-2H3,(H,19,21). The molecule has 26 heavy (non-hydrogen) atoms. The van der Waals surface area contributed by atoms with E-state index in [1.54, 1.807) is 18.2 Å². The predicted octanol–water partition coefficient (Wildman–Crippen LogP) is 2.76. The fraction of sp³-hybridized carbons (Fsp3) is 0.235. The van der Waals surface area contributed by atoms with Gasteiger partial charge in [0.15, 0.2) is 11.5 Å². The molecule has 1 heterocycles. The lowest BCUT2D eigenvalue weighted by Crippen LogP contribution is -2.25. The second-order valence-corrected chi connectivity index (χ2v) is 8.13. The Kier molecular flexibility index (Phi) is 4.97. The van der Waals surface area contributed by atoms with Crippen LogP contribution >= 0.6 is 11.6 Å². The summed E-state index contributed by atoms with van der Waals surface area (Å²) in [6, 6.07) is 9.50. The molecular formula is C17H17ClN2O5S. The molecular weight excluding hydrogens is 380 g/mol. The largest absolute Gasteiger partial charge is 0.486 e. The van der Waals surface area contributed by atoms with Crippen molar-refractivity contribution in [2.45, 2.75) is 0 Å². The van der Waals surface area contributed by atoms with Gasteiger partial charge in [-0.1, -0.05) is 11.6 Å². The highest BCUT2D eigenvalue weighted by Gasteiger charge is 2.18. The fourth-order valence-electron chi connectivity index (χ4n) is 2.39. The number of nitrogens with one attached hydrogen (secondary N) is 1. The van der Waals surface area contributed by atoms with Gasteiger partial charge in [0.1, 0.15) is 13.2 Å². The highest BCUT2D eigenvalue weighted by Crippen LogP contribution is 2.33. The molecule has 0 saturated carbocycles. The first-order valence-corrected chi connectivity index (χ1v) is 9.93. The summed E-state index contributed by atoms with van der Waals surface area (Å²) >= 11 is 6.12. The Bertz CT molecular complexity index is 962. The SMILES string of the molecule is CN(c1ccc(Cl)c(C(=O)Nc2ccc3c(c2)OCCO3)c1)S(C)(=O)=O. The molecule has 0 fully saturated rings. The van der Waals surface area contributed by atoms with Crippen molar-refractivity contribution in [1.82, 2.24) is 0 Å². The second kappa shape index (κ2) is 7.05. The number of carbonyl (C=O) groups excluding carboxylic acids is 1. The first kappa shape index (κ1) is 18.3. The number of hydrogen-bond donors (Lipinski definition) is 1. The summed E-state index contributed by atoms with van der Waals surface area (Å²) in [6.07, 6.45) is 1.08. The van der Waals surface area contributed by atoms with Crippen LogP contribution in [0, 0.1) is 0 Å². The predicted molar refractivity (Wildman–Crippen MR) is 100 cm³/mol. The van der Waals surface area contributed by atoms with E-state index in [0.29, 0.717) is 36.1 Å². The maximum atomic E-state index is 12.6. The molecule has 1 aliphatic rings. The minimum absolute atomic E-state index is 0.162. The lowest BCUT2D eigenvalue weighted by Gasteiger charge is -2.19. The topological polar surface area (TPSA) is 84.9 Å². The van der Waals surface area contributed by atoms with Crippen LogP contribution in [0.2, 0.25) is 5.02 Å². The molecule has 2 aromatic rings. The normalized spacial score (nSPS) is 13.2. The number of carbonyl (C=O) groups is 1. The number of anilines is 2. The number of sulfonamides is 1. The number of halogens is 1. The summed E-state index contributed by atoms with van der Waals surface area (Å²) in [7, 11) is -2.05. The van der Waals surface area contributed by atoms with Gasteiger partial charge in [-0.05, 0) is 30.3 Å². The summed E-state index contributed by atoms with van der Waals surface area (Å²) in [4.78, 5) is 12.6. The van der Waals surface area contributed by atoms with Gasteiger partial charge in [-0.25, -0.2) is 8.42 Å². The van der Waals surface area contributed by atoms with E-state index in [-0.39, 0.29) is 10.6 Å². The zero-order valence-electron chi connectivity index (χ0n) is 14.2. The first-order valence-electron chi connectivity index (χ1n) is 7.70. The first-order chi connectivity index (χ1) is 12.3. The molecule has 0 aliphatic carbocycles. The van der Waals surface area contributed by atoms with E-state index < -0.39 is 15.9 Å². The van der Waals surface area contributed by atoms with Crippen LogP contribution in [0.3, 0.4) is 0 Å². The van der Waals surface area contributed by atoms with Crippen molar-refractivity contribution in [3.8, 4) is 11.5 Å². The molecule has 1 aliphatic heterocycles. The van der Waals surface area contributed by atoms with E-state index in [2.05, 4.69) is 5.32 Å². The van der Waals surface area contributed by atoms with Gasteiger partial charge in [0.25, 0.3) is 5.91 Å². The average Bonchev–Trinajstić information content (AvgIpc) is 2.60. The maximum Gasteiger partial charge on any atom is 0.257 e. The van der Waals surface area contributed by atoms with Crippen LogP contribution < -0.4 is 19.1 Å². The third-order valence-electron chi connectivity index (χ3n) is 3.86. The van der Waals surface area contributed by atoms with Crippen LogP contribution in [0.1, 0.15) is 10.4 Å². The molecule has 0 atom stereocenters. The Morgan fingerprint density at radius 2 is 1.81 bits per heavy atom. The molecule has 0 aromatic heterocycles. The van der Waals surface area contributed by atoms with Crippen molar-refractivity contribution in [3.63, 3.8) is 0 Å². The zero-order chi connectivity index (χ0) is 18.9. The lowest BCUT2D eigenvalue weighted by molar-refractivity contribution is 0.102. The Morgan fingerprint density at radius 1 is 1.12 bits per heavy atom. The van der Waals surface area contributed by atoms with Crippen molar-refractivity contribution >= 4 is 38.9 Å².